The SMILES string of the molecule is Cc1nc(C(=O)OC2(C(N)=O)CCCCC2)nc(-c2ccc(Cl)cc2Cl)c1-c1ccc(Cl)cc1. The van der Waals surface area contributed by atoms with Crippen LogP contribution in [0.25, 0.3) is 22.4 Å². The number of esters is 1. The monoisotopic (exact) mass is 517 g/mol. The number of benzene rings is 2. The average Bonchev–Trinajstić information content (AvgIpc) is 2.80. The summed E-state index contributed by atoms with van der Waals surface area (Å²) in [5, 5.41) is 1.41. The van der Waals surface area contributed by atoms with Crippen molar-refractivity contribution in [1.29, 1.82) is 0 Å². The Kier molecular flexibility index (Phi) is 7.12. The van der Waals surface area contributed by atoms with E-state index in [-0.39, 0.29) is 5.82 Å². The summed E-state index contributed by atoms with van der Waals surface area (Å²) in [6.45, 7) is 1.76. The van der Waals surface area contributed by atoms with Gasteiger partial charge in [-0.2, -0.15) is 0 Å². The van der Waals surface area contributed by atoms with Crippen LogP contribution in [0.4, 0.5) is 0 Å². The smallest absolute Gasteiger partial charge is 0.377 e. The summed E-state index contributed by atoms with van der Waals surface area (Å²) in [4.78, 5) is 34.3. The van der Waals surface area contributed by atoms with E-state index < -0.39 is 17.5 Å². The third-order valence-corrected chi connectivity index (χ3v) is 6.79. The summed E-state index contributed by atoms with van der Waals surface area (Å²) in [5.74, 6) is -1.64. The normalized spacial score (nSPS) is 15.1. The summed E-state index contributed by atoms with van der Waals surface area (Å²) in [7, 11) is 0. The van der Waals surface area contributed by atoms with E-state index in [1.165, 1.54) is 0 Å². The quantitative estimate of drug-likeness (QED) is 0.393. The Balaban J connectivity index is 1.84. The predicted molar refractivity (Wildman–Crippen MR) is 133 cm³/mol. The summed E-state index contributed by atoms with van der Waals surface area (Å²) < 4.78 is 5.67. The van der Waals surface area contributed by atoms with Crippen molar-refractivity contribution in [2.45, 2.75) is 44.6 Å². The third-order valence-electron chi connectivity index (χ3n) is 5.99. The number of hydrogen-bond acceptors (Lipinski definition) is 5. The van der Waals surface area contributed by atoms with Crippen molar-refractivity contribution in [3.8, 4) is 22.4 Å². The zero-order valence-corrected chi connectivity index (χ0v) is 20.7. The van der Waals surface area contributed by atoms with E-state index >= 15 is 0 Å². The summed E-state index contributed by atoms with van der Waals surface area (Å²) in [6, 6.07) is 12.2. The van der Waals surface area contributed by atoms with E-state index in [0.29, 0.717) is 50.4 Å². The Labute approximate surface area is 212 Å². The fourth-order valence-electron chi connectivity index (χ4n) is 4.25. The Morgan fingerprint density at radius 3 is 2.21 bits per heavy atom. The molecule has 0 aliphatic heterocycles. The first-order chi connectivity index (χ1) is 16.2. The summed E-state index contributed by atoms with van der Waals surface area (Å²) in [5.41, 5.74) is 7.28. The molecule has 0 radical (unpaired) electrons. The molecule has 1 heterocycles. The lowest BCUT2D eigenvalue weighted by molar-refractivity contribution is -0.140. The number of aromatic nitrogens is 2. The van der Waals surface area contributed by atoms with Crippen LogP contribution < -0.4 is 5.73 Å². The summed E-state index contributed by atoms with van der Waals surface area (Å²) >= 11 is 18.7. The minimum atomic E-state index is -1.35. The maximum Gasteiger partial charge on any atom is 0.377 e. The Hall–Kier alpha value is -2.67. The van der Waals surface area contributed by atoms with Crippen LogP contribution in [-0.4, -0.2) is 27.4 Å². The highest BCUT2D eigenvalue weighted by atomic mass is 35.5. The number of halogens is 3. The van der Waals surface area contributed by atoms with Gasteiger partial charge >= 0.3 is 5.97 Å². The van der Waals surface area contributed by atoms with Gasteiger partial charge in [0.25, 0.3) is 5.91 Å². The van der Waals surface area contributed by atoms with Crippen LogP contribution in [0.1, 0.15) is 48.4 Å². The second kappa shape index (κ2) is 9.90. The second-order valence-electron chi connectivity index (χ2n) is 8.30. The molecule has 4 rings (SSSR count). The van der Waals surface area contributed by atoms with Crippen LogP contribution in [0.2, 0.25) is 15.1 Å². The van der Waals surface area contributed by atoms with Gasteiger partial charge < -0.3 is 10.5 Å². The average molecular weight is 519 g/mol. The molecule has 34 heavy (non-hydrogen) atoms. The fourth-order valence-corrected chi connectivity index (χ4v) is 4.87. The zero-order valence-electron chi connectivity index (χ0n) is 18.4. The zero-order chi connectivity index (χ0) is 24.5. The molecule has 0 atom stereocenters. The first-order valence-electron chi connectivity index (χ1n) is 10.8. The number of ether oxygens (including phenoxy) is 1. The van der Waals surface area contributed by atoms with Crippen LogP contribution in [0.5, 0.6) is 0 Å². The van der Waals surface area contributed by atoms with Gasteiger partial charge in [-0.25, -0.2) is 14.8 Å². The van der Waals surface area contributed by atoms with Gasteiger partial charge in [-0.3, -0.25) is 4.79 Å². The molecule has 3 aromatic rings. The van der Waals surface area contributed by atoms with Crippen molar-refractivity contribution in [3.63, 3.8) is 0 Å². The van der Waals surface area contributed by atoms with Crippen LogP contribution >= 0.6 is 34.8 Å². The van der Waals surface area contributed by atoms with Crippen LogP contribution in [0, 0.1) is 6.92 Å². The lowest BCUT2D eigenvalue weighted by atomic mass is 9.84. The molecule has 0 unspecified atom stereocenters. The first kappa shape index (κ1) is 24.5. The Bertz CT molecular complexity index is 1260. The maximum absolute atomic E-state index is 13.2. The first-order valence-corrected chi connectivity index (χ1v) is 12.0. The van der Waals surface area contributed by atoms with Crippen molar-refractivity contribution in [2.75, 3.05) is 0 Å². The molecule has 1 saturated carbocycles. The molecule has 0 saturated heterocycles. The molecule has 6 nitrogen and oxygen atoms in total. The highest BCUT2D eigenvalue weighted by Crippen LogP contribution is 2.38. The van der Waals surface area contributed by atoms with Gasteiger partial charge in [-0.15, -0.1) is 0 Å². The van der Waals surface area contributed by atoms with E-state index in [0.717, 1.165) is 24.8 Å². The largest absolute Gasteiger partial charge is 0.443 e. The molecule has 1 aromatic heterocycles. The van der Waals surface area contributed by atoms with Gasteiger partial charge in [-0.1, -0.05) is 53.4 Å². The van der Waals surface area contributed by atoms with Crippen LogP contribution in [0.15, 0.2) is 42.5 Å². The standard InChI is InChI=1S/C25H22Cl3N3O3/c1-14-20(15-5-7-16(26)8-6-15)21(18-10-9-17(27)13-19(18)28)31-22(30-14)23(32)34-25(24(29)33)11-3-2-4-12-25/h5-10,13H,2-4,11-12H2,1H3,(H2,29,33). The molecule has 2 N–H and O–H groups in total. The highest BCUT2D eigenvalue weighted by Gasteiger charge is 2.42. The second-order valence-corrected chi connectivity index (χ2v) is 9.58. The number of nitrogens with zero attached hydrogens (tertiary/aromatic N) is 2. The number of carbonyl (C=O) groups excluding carboxylic acids is 2. The molecule has 1 fully saturated rings. The maximum atomic E-state index is 13.2. The highest BCUT2D eigenvalue weighted by molar-refractivity contribution is 6.36. The van der Waals surface area contributed by atoms with E-state index in [4.69, 9.17) is 45.3 Å². The lowest BCUT2D eigenvalue weighted by Gasteiger charge is -2.33. The predicted octanol–water partition coefficient (Wildman–Crippen LogP) is 6.42. The van der Waals surface area contributed by atoms with E-state index in [1.54, 1.807) is 37.3 Å². The van der Waals surface area contributed by atoms with Crippen LogP contribution in [0.3, 0.4) is 0 Å². The fraction of sp³-hybridized carbons (Fsp3) is 0.280. The van der Waals surface area contributed by atoms with Gasteiger partial charge in [0, 0.05) is 21.2 Å². The van der Waals surface area contributed by atoms with Gasteiger partial charge in [0.1, 0.15) is 0 Å². The number of rotatable bonds is 5. The van der Waals surface area contributed by atoms with Gasteiger partial charge in [0.05, 0.1) is 16.4 Å². The van der Waals surface area contributed by atoms with E-state index in [2.05, 4.69) is 9.97 Å². The Morgan fingerprint density at radius 2 is 1.59 bits per heavy atom. The van der Waals surface area contributed by atoms with Gasteiger partial charge in [0.15, 0.2) is 5.60 Å². The minimum absolute atomic E-state index is 0.178. The molecule has 2 aromatic carbocycles. The van der Waals surface area contributed by atoms with Crippen LogP contribution in [-0.2, 0) is 9.53 Å². The molecule has 1 amide bonds. The van der Waals surface area contributed by atoms with Crippen molar-refractivity contribution < 1.29 is 14.3 Å². The lowest BCUT2D eigenvalue weighted by Crippen LogP contribution is -2.49. The molecule has 0 bridgehead atoms. The third kappa shape index (κ3) is 4.90. The van der Waals surface area contributed by atoms with Crippen molar-refractivity contribution in [1.82, 2.24) is 9.97 Å². The van der Waals surface area contributed by atoms with E-state index in [1.807, 2.05) is 12.1 Å². The number of primary amides is 1. The molecule has 1 aliphatic carbocycles. The van der Waals surface area contributed by atoms with Crippen molar-refractivity contribution >= 4 is 46.7 Å². The van der Waals surface area contributed by atoms with Gasteiger partial charge in [0.2, 0.25) is 5.82 Å². The van der Waals surface area contributed by atoms with Crippen molar-refractivity contribution in [3.05, 3.63) is 69.1 Å². The number of aryl methyl sites for hydroxylation is 1. The number of amides is 1. The van der Waals surface area contributed by atoms with Gasteiger partial charge in [-0.05, 0) is 68.5 Å². The summed E-state index contributed by atoms with van der Waals surface area (Å²) in [6.07, 6.45) is 3.21. The Morgan fingerprint density at radius 1 is 0.941 bits per heavy atom. The van der Waals surface area contributed by atoms with E-state index in [9.17, 15) is 9.59 Å². The molecular weight excluding hydrogens is 497 g/mol. The number of nitrogens with two attached hydrogens (primary N) is 1. The molecule has 9 heteroatoms. The molecule has 176 valence electrons. The minimum Gasteiger partial charge on any atom is -0.443 e. The molecular formula is C25H22Cl3N3O3. The molecule has 1 aliphatic rings. The topological polar surface area (TPSA) is 95.2 Å². The number of hydrogen-bond donors (Lipinski definition) is 1. The van der Waals surface area contributed by atoms with Crippen molar-refractivity contribution in [2.24, 2.45) is 5.73 Å². The molecule has 0 spiro atoms. The number of carbonyl (C=O) groups is 2.